The minimum absolute atomic E-state index is 0.271. The Morgan fingerprint density at radius 2 is 2.20 bits per heavy atom. The minimum Gasteiger partial charge on any atom is -0.338 e. The Hall–Kier alpha value is -1.79. The van der Waals surface area contributed by atoms with E-state index >= 15 is 0 Å². The topological polar surface area (TPSA) is 54.2 Å². The van der Waals surface area contributed by atoms with Crippen LogP contribution in [0.4, 0.5) is 4.39 Å². The van der Waals surface area contributed by atoms with Gasteiger partial charge in [-0.3, -0.25) is 4.90 Å². The Kier molecular flexibility index (Phi) is 3.75. The molecule has 0 amide bonds. The van der Waals surface area contributed by atoms with Gasteiger partial charge in [-0.25, -0.2) is 4.39 Å². The van der Waals surface area contributed by atoms with E-state index in [0.717, 1.165) is 25.2 Å². The first-order chi connectivity index (χ1) is 9.70. The van der Waals surface area contributed by atoms with Gasteiger partial charge in [-0.05, 0) is 31.2 Å². The zero-order chi connectivity index (χ0) is 13.9. The van der Waals surface area contributed by atoms with Crippen LogP contribution >= 0.6 is 0 Å². The molecule has 2 aromatic rings. The van der Waals surface area contributed by atoms with E-state index in [1.54, 1.807) is 12.1 Å². The van der Waals surface area contributed by atoms with Crippen molar-refractivity contribution in [1.29, 1.82) is 0 Å². The van der Waals surface area contributed by atoms with Gasteiger partial charge < -0.3 is 9.84 Å². The summed E-state index contributed by atoms with van der Waals surface area (Å²) < 4.78 is 18.1. The fourth-order valence-corrected chi connectivity index (χ4v) is 2.38. The Morgan fingerprint density at radius 1 is 1.40 bits per heavy atom. The van der Waals surface area contributed by atoms with Crippen molar-refractivity contribution in [3.63, 3.8) is 0 Å². The highest BCUT2D eigenvalue weighted by Crippen LogP contribution is 2.17. The van der Waals surface area contributed by atoms with Crippen LogP contribution in [-0.2, 0) is 6.54 Å². The zero-order valence-electron chi connectivity index (χ0n) is 11.3. The van der Waals surface area contributed by atoms with E-state index in [2.05, 4.69) is 27.3 Å². The lowest BCUT2D eigenvalue weighted by Crippen LogP contribution is -2.48. The number of hydrogen-bond donors (Lipinski definition) is 1. The second kappa shape index (κ2) is 5.68. The largest absolute Gasteiger partial charge is 0.338 e. The van der Waals surface area contributed by atoms with Crippen LogP contribution < -0.4 is 5.32 Å². The van der Waals surface area contributed by atoms with E-state index < -0.39 is 0 Å². The van der Waals surface area contributed by atoms with Crippen LogP contribution in [-0.4, -0.2) is 40.7 Å². The standard InChI is InChI=1S/C14H17FN4O/c1-10-8-19(7-6-16-10)9-13-17-14(18-20-13)11-2-4-12(15)5-3-11/h2-5,10,16H,6-9H2,1H3/t10-/m1/s1. The molecule has 6 heteroatoms. The first-order valence-electron chi connectivity index (χ1n) is 6.75. The second-order valence-corrected chi connectivity index (χ2v) is 5.11. The van der Waals surface area contributed by atoms with Crippen LogP contribution in [0.3, 0.4) is 0 Å². The molecule has 2 heterocycles. The first-order valence-corrected chi connectivity index (χ1v) is 6.75. The van der Waals surface area contributed by atoms with Crippen LogP contribution in [0.15, 0.2) is 28.8 Å². The summed E-state index contributed by atoms with van der Waals surface area (Å²) in [5.74, 6) is 0.828. The molecule has 3 rings (SSSR count). The maximum Gasteiger partial charge on any atom is 0.241 e. The summed E-state index contributed by atoms with van der Waals surface area (Å²) in [5.41, 5.74) is 0.759. The van der Waals surface area contributed by atoms with Gasteiger partial charge in [-0.15, -0.1) is 0 Å². The molecular formula is C14H17FN4O. The summed E-state index contributed by atoms with van der Waals surface area (Å²) in [5, 5.41) is 7.34. The van der Waals surface area contributed by atoms with Crippen LogP contribution in [0.5, 0.6) is 0 Å². The quantitative estimate of drug-likeness (QED) is 0.924. The highest BCUT2D eigenvalue weighted by atomic mass is 19.1. The smallest absolute Gasteiger partial charge is 0.241 e. The predicted molar refractivity (Wildman–Crippen MR) is 72.4 cm³/mol. The lowest BCUT2D eigenvalue weighted by Gasteiger charge is -2.30. The minimum atomic E-state index is -0.271. The van der Waals surface area contributed by atoms with Gasteiger partial charge in [0.25, 0.3) is 0 Å². The Morgan fingerprint density at radius 3 is 2.95 bits per heavy atom. The molecule has 1 atom stereocenters. The summed E-state index contributed by atoms with van der Waals surface area (Å²) >= 11 is 0. The van der Waals surface area contributed by atoms with Crippen molar-refractivity contribution < 1.29 is 8.91 Å². The summed E-state index contributed by atoms with van der Waals surface area (Å²) in [6, 6.07) is 6.56. The number of benzene rings is 1. The summed E-state index contributed by atoms with van der Waals surface area (Å²) in [7, 11) is 0. The number of nitrogens with zero attached hydrogens (tertiary/aromatic N) is 3. The molecule has 0 bridgehead atoms. The van der Waals surface area contributed by atoms with Gasteiger partial charge in [0, 0.05) is 31.2 Å². The highest BCUT2D eigenvalue weighted by Gasteiger charge is 2.18. The van der Waals surface area contributed by atoms with Gasteiger partial charge in [0.15, 0.2) is 0 Å². The molecule has 0 saturated carbocycles. The van der Waals surface area contributed by atoms with Gasteiger partial charge in [0.2, 0.25) is 11.7 Å². The van der Waals surface area contributed by atoms with E-state index in [-0.39, 0.29) is 5.82 Å². The van der Waals surface area contributed by atoms with E-state index in [0.29, 0.717) is 24.3 Å². The Bertz CT molecular complexity index is 569. The molecule has 1 aliphatic rings. The molecule has 0 radical (unpaired) electrons. The molecule has 1 N–H and O–H groups in total. The molecule has 1 aliphatic heterocycles. The summed E-state index contributed by atoms with van der Waals surface area (Å²) in [6.07, 6.45) is 0. The molecule has 106 valence electrons. The van der Waals surface area contributed by atoms with Crippen LogP contribution in [0, 0.1) is 5.82 Å². The molecule has 0 spiro atoms. The van der Waals surface area contributed by atoms with Crippen molar-refractivity contribution in [2.75, 3.05) is 19.6 Å². The third-order valence-electron chi connectivity index (χ3n) is 3.38. The Balaban J connectivity index is 1.69. The monoisotopic (exact) mass is 276 g/mol. The summed E-state index contributed by atoms with van der Waals surface area (Å²) in [6.45, 7) is 5.72. The maximum atomic E-state index is 12.9. The number of aromatic nitrogens is 2. The molecule has 0 unspecified atom stereocenters. The molecule has 0 aliphatic carbocycles. The van der Waals surface area contributed by atoms with Crippen molar-refractivity contribution in [1.82, 2.24) is 20.4 Å². The van der Waals surface area contributed by atoms with Gasteiger partial charge >= 0.3 is 0 Å². The maximum absolute atomic E-state index is 12.9. The number of hydrogen-bond acceptors (Lipinski definition) is 5. The van der Waals surface area contributed by atoms with Crippen molar-refractivity contribution in [2.24, 2.45) is 0 Å². The van der Waals surface area contributed by atoms with Gasteiger partial charge in [0.05, 0.1) is 6.54 Å². The van der Waals surface area contributed by atoms with Gasteiger partial charge in [0.1, 0.15) is 5.82 Å². The molecule has 1 aromatic heterocycles. The van der Waals surface area contributed by atoms with Crippen molar-refractivity contribution in [2.45, 2.75) is 19.5 Å². The van der Waals surface area contributed by atoms with Crippen LogP contribution in [0.1, 0.15) is 12.8 Å². The van der Waals surface area contributed by atoms with E-state index in [1.807, 2.05) is 0 Å². The number of nitrogens with one attached hydrogen (secondary N) is 1. The number of rotatable bonds is 3. The van der Waals surface area contributed by atoms with Crippen LogP contribution in [0.25, 0.3) is 11.4 Å². The molecular weight excluding hydrogens is 259 g/mol. The van der Waals surface area contributed by atoms with Gasteiger partial charge in [-0.2, -0.15) is 4.98 Å². The Labute approximate surface area is 116 Å². The summed E-state index contributed by atoms with van der Waals surface area (Å²) in [4.78, 5) is 6.65. The highest BCUT2D eigenvalue weighted by molar-refractivity contribution is 5.53. The number of piperazine rings is 1. The zero-order valence-corrected chi connectivity index (χ0v) is 11.3. The lowest BCUT2D eigenvalue weighted by atomic mass is 10.2. The third-order valence-corrected chi connectivity index (χ3v) is 3.38. The van der Waals surface area contributed by atoms with E-state index in [4.69, 9.17) is 4.52 Å². The van der Waals surface area contributed by atoms with E-state index in [9.17, 15) is 4.39 Å². The van der Waals surface area contributed by atoms with Crippen molar-refractivity contribution >= 4 is 0 Å². The molecule has 5 nitrogen and oxygen atoms in total. The average molecular weight is 276 g/mol. The fraction of sp³-hybridized carbons (Fsp3) is 0.429. The predicted octanol–water partition coefficient (Wildman–Crippen LogP) is 1.67. The van der Waals surface area contributed by atoms with Crippen molar-refractivity contribution in [3.8, 4) is 11.4 Å². The fourth-order valence-electron chi connectivity index (χ4n) is 2.38. The average Bonchev–Trinajstić information content (AvgIpc) is 2.88. The van der Waals surface area contributed by atoms with Crippen LogP contribution in [0.2, 0.25) is 0 Å². The molecule has 20 heavy (non-hydrogen) atoms. The first kappa shape index (κ1) is 13.2. The molecule has 1 saturated heterocycles. The molecule has 1 fully saturated rings. The third kappa shape index (κ3) is 3.02. The normalized spacial score (nSPS) is 20.2. The number of halogens is 1. The second-order valence-electron chi connectivity index (χ2n) is 5.11. The van der Waals surface area contributed by atoms with Gasteiger partial charge in [-0.1, -0.05) is 5.16 Å². The molecule has 1 aromatic carbocycles. The SMILES string of the molecule is C[C@@H]1CN(Cc2nc(-c3ccc(F)cc3)no2)CCN1. The van der Waals surface area contributed by atoms with Crippen molar-refractivity contribution in [3.05, 3.63) is 36.0 Å². The lowest BCUT2D eigenvalue weighted by molar-refractivity contribution is 0.177. The van der Waals surface area contributed by atoms with E-state index in [1.165, 1.54) is 12.1 Å².